The summed E-state index contributed by atoms with van der Waals surface area (Å²) in [4.78, 5) is 29.3. The Bertz CT molecular complexity index is 1550. The molecule has 0 radical (unpaired) electrons. The molecule has 2 N–H and O–H groups in total. The van der Waals surface area contributed by atoms with Crippen LogP contribution in [0.5, 0.6) is 11.5 Å². The smallest absolute Gasteiger partial charge is 0.266 e. The van der Waals surface area contributed by atoms with Gasteiger partial charge in [0.2, 0.25) is 0 Å². The van der Waals surface area contributed by atoms with Crippen molar-refractivity contribution in [1.29, 1.82) is 0 Å². The summed E-state index contributed by atoms with van der Waals surface area (Å²) in [5, 5.41) is 3.36. The molecule has 3 aromatic carbocycles. The molecule has 1 aliphatic carbocycles. The second-order valence-corrected chi connectivity index (χ2v) is 8.55. The summed E-state index contributed by atoms with van der Waals surface area (Å²) in [6.07, 6.45) is 3.28. The summed E-state index contributed by atoms with van der Waals surface area (Å²) in [6.45, 7) is 0. The van der Waals surface area contributed by atoms with Gasteiger partial charge in [0.1, 0.15) is 11.5 Å². The Morgan fingerprint density at radius 3 is 2.62 bits per heavy atom. The number of benzene rings is 3. The molecule has 1 amide bonds. The first-order chi connectivity index (χ1) is 16.5. The molecule has 0 atom stereocenters. The molecule has 0 aliphatic heterocycles. The highest BCUT2D eigenvalue weighted by atomic mass is 32.1. The third-order valence-electron chi connectivity index (χ3n) is 6.14. The van der Waals surface area contributed by atoms with Gasteiger partial charge in [0.25, 0.3) is 11.5 Å². The van der Waals surface area contributed by atoms with Crippen molar-refractivity contribution < 1.29 is 14.3 Å². The van der Waals surface area contributed by atoms with Gasteiger partial charge in [0.15, 0.2) is 4.77 Å². The van der Waals surface area contributed by atoms with Crippen molar-refractivity contribution in [3.8, 4) is 17.2 Å². The van der Waals surface area contributed by atoms with Crippen LogP contribution in [0.1, 0.15) is 27.9 Å². The first-order valence-electron chi connectivity index (χ1n) is 10.9. The number of carbonyl (C=O) groups is 1. The highest BCUT2D eigenvalue weighted by molar-refractivity contribution is 7.71. The van der Waals surface area contributed by atoms with Crippen molar-refractivity contribution in [3.63, 3.8) is 0 Å². The Morgan fingerprint density at radius 1 is 1.00 bits per heavy atom. The zero-order valence-electron chi connectivity index (χ0n) is 18.8. The molecule has 172 valence electrons. The normalized spacial score (nSPS) is 12.4. The van der Waals surface area contributed by atoms with Crippen molar-refractivity contribution in [2.75, 3.05) is 19.5 Å². The van der Waals surface area contributed by atoms with Crippen LogP contribution in [0.25, 0.3) is 16.6 Å². The molecule has 0 fully saturated rings. The number of aryl methyl sites for hydroxylation is 2. The molecule has 1 aromatic heterocycles. The van der Waals surface area contributed by atoms with Gasteiger partial charge < -0.3 is 19.8 Å². The number of aromatic amines is 1. The number of fused-ring (bicyclic) bond motifs is 2. The lowest BCUT2D eigenvalue weighted by Gasteiger charge is -2.14. The highest BCUT2D eigenvalue weighted by Gasteiger charge is 2.16. The van der Waals surface area contributed by atoms with Gasteiger partial charge >= 0.3 is 0 Å². The summed E-state index contributed by atoms with van der Waals surface area (Å²) in [5.74, 6) is 0.800. The predicted molar refractivity (Wildman–Crippen MR) is 134 cm³/mol. The number of hydrogen-bond acceptors (Lipinski definition) is 5. The minimum Gasteiger partial charge on any atom is -0.497 e. The molecule has 0 saturated carbocycles. The van der Waals surface area contributed by atoms with E-state index in [1.807, 2.05) is 12.1 Å². The topological polar surface area (TPSA) is 85.4 Å². The SMILES string of the molecule is COc1ccc(-n2c(=S)[nH]c3cc(C(=O)Nc4ccc5c(c4)CCC5)ccc3c2=O)c(OC)c1. The van der Waals surface area contributed by atoms with E-state index in [4.69, 9.17) is 21.7 Å². The van der Waals surface area contributed by atoms with E-state index < -0.39 is 0 Å². The molecular weight excluding hydrogens is 450 g/mol. The van der Waals surface area contributed by atoms with E-state index >= 15 is 0 Å². The third-order valence-corrected chi connectivity index (χ3v) is 6.43. The van der Waals surface area contributed by atoms with Crippen LogP contribution in [0.3, 0.4) is 0 Å². The van der Waals surface area contributed by atoms with Gasteiger partial charge in [-0.3, -0.25) is 9.59 Å². The summed E-state index contributed by atoms with van der Waals surface area (Å²) < 4.78 is 12.3. The van der Waals surface area contributed by atoms with Crippen LogP contribution in [0.4, 0.5) is 5.69 Å². The zero-order chi connectivity index (χ0) is 23.8. The molecule has 34 heavy (non-hydrogen) atoms. The standard InChI is InChI=1S/C26H23N3O4S/c1-32-19-9-11-22(23(14-19)33-2)29-25(31)20-10-7-17(13-21(20)28-26(29)34)24(30)27-18-8-6-15-4-3-5-16(15)12-18/h6-14H,3-5H2,1-2H3,(H,27,30)(H,28,34). The number of rotatable bonds is 5. The lowest BCUT2D eigenvalue weighted by atomic mass is 10.1. The Hall–Kier alpha value is -3.91. The minimum absolute atomic E-state index is 0.192. The number of H-pyrrole nitrogens is 1. The molecule has 0 bridgehead atoms. The number of anilines is 1. The lowest BCUT2D eigenvalue weighted by molar-refractivity contribution is 0.102. The van der Waals surface area contributed by atoms with Gasteiger partial charge in [-0.1, -0.05) is 6.07 Å². The molecule has 7 nitrogen and oxygen atoms in total. The van der Waals surface area contributed by atoms with Crippen LogP contribution in [0.2, 0.25) is 0 Å². The maximum absolute atomic E-state index is 13.3. The number of nitrogens with one attached hydrogen (secondary N) is 2. The van der Waals surface area contributed by atoms with Crippen LogP contribution in [0, 0.1) is 4.77 Å². The van der Waals surface area contributed by atoms with Crippen LogP contribution in [-0.2, 0) is 12.8 Å². The van der Waals surface area contributed by atoms with Crippen molar-refractivity contribution >= 4 is 34.7 Å². The Kier molecular flexibility index (Phi) is 5.67. The zero-order valence-corrected chi connectivity index (χ0v) is 19.6. The van der Waals surface area contributed by atoms with Crippen molar-refractivity contribution in [2.45, 2.75) is 19.3 Å². The van der Waals surface area contributed by atoms with E-state index in [1.165, 1.54) is 22.8 Å². The molecule has 8 heteroatoms. The Balaban J connectivity index is 1.51. The summed E-state index contributed by atoms with van der Waals surface area (Å²) in [7, 11) is 3.07. The van der Waals surface area contributed by atoms with Gasteiger partial charge in [-0.2, -0.15) is 0 Å². The van der Waals surface area contributed by atoms with Crippen LogP contribution in [0.15, 0.2) is 59.4 Å². The quantitative estimate of drug-likeness (QED) is 0.407. The third kappa shape index (κ3) is 3.86. The molecule has 5 rings (SSSR count). The van der Waals surface area contributed by atoms with E-state index in [-0.39, 0.29) is 16.2 Å². The van der Waals surface area contributed by atoms with E-state index in [0.717, 1.165) is 24.9 Å². The predicted octanol–water partition coefficient (Wildman–Crippen LogP) is 4.81. The van der Waals surface area contributed by atoms with Crippen LogP contribution < -0.4 is 20.3 Å². The van der Waals surface area contributed by atoms with Gasteiger partial charge in [-0.15, -0.1) is 0 Å². The van der Waals surface area contributed by atoms with E-state index in [1.54, 1.807) is 43.5 Å². The van der Waals surface area contributed by atoms with Gasteiger partial charge in [-0.25, -0.2) is 4.57 Å². The number of nitrogens with zero attached hydrogens (tertiary/aromatic N) is 1. The average Bonchev–Trinajstić information content (AvgIpc) is 3.31. The Labute approximate surface area is 201 Å². The Morgan fingerprint density at radius 2 is 1.82 bits per heavy atom. The van der Waals surface area contributed by atoms with Crippen LogP contribution >= 0.6 is 12.2 Å². The summed E-state index contributed by atoms with van der Waals surface area (Å²) in [6, 6.07) is 16.1. The van der Waals surface area contributed by atoms with E-state index in [0.29, 0.717) is 33.7 Å². The molecule has 0 unspecified atom stereocenters. The van der Waals surface area contributed by atoms with Crippen molar-refractivity contribution in [3.05, 3.63) is 86.4 Å². The summed E-state index contributed by atoms with van der Waals surface area (Å²) >= 11 is 5.50. The fourth-order valence-corrected chi connectivity index (χ4v) is 4.69. The van der Waals surface area contributed by atoms with E-state index in [9.17, 15) is 9.59 Å². The number of amides is 1. The number of hydrogen-bond donors (Lipinski definition) is 2. The van der Waals surface area contributed by atoms with Gasteiger partial charge in [0, 0.05) is 17.3 Å². The molecule has 0 saturated heterocycles. The van der Waals surface area contributed by atoms with E-state index in [2.05, 4.69) is 16.4 Å². The van der Waals surface area contributed by atoms with Gasteiger partial charge in [-0.05, 0) is 85.1 Å². The highest BCUT2D eigenvalue weighted by Crippen LogP contribution is 2.28. The maximum Gasteiger partial charge on any atom is 0.266 e. The lowest BCUT2D eigenvalue weighted by Crippen LogP contribution is -2.21. The first-order valence-corrected chi connectivity index (χ1v) is 11.3. The number of methoxy groups -OCH3 is 2. The fourth-order valence-electron chi connectivity index (χ4n) is 4.40. The maximum atomic E-state index is 13.3. The second kappa shape index (κ2) is 8.79. The molecule has 4 aromatic rings. The summed E-state index contributed by atoms with van der Waals surface area (Å²) in [5.41, 5.74) is 4.50. The molecule has 1 aliphatic rings. The van der Waals surface area contributed by atoms with Crippen molar-refractivity contribution in [2.24, 2.45) is 0 Å². The molecular formula is C26H23N3O4S. The van der Waals surface area contributed by atoms with Crippen LogP contribution in [-0.4, -0.2) is 29.7 Å². The number of carbonyl (C=O) groups excluding carboxylic acids is 1. The van der Waals surface area contributed by atoms with Crippen molar-refractivity contribution in [1.82, 2.24) is 9.55 Å². The minimum atomic E-state index is -0.312. The largest absolute Gasteiger partial charge is 0.497 e. The number of aromatic nitrogens is 2. The molecule has 1 heterocycles. The average molecular weight is 474 g/mol. The first kappa shape index (κ1) is 21.9. The monoisotopic (exact) mass is 473 g/mol. The molecule has 0 spiro atoms. The van der Waals surface area contributed by atoms with Gasteiger partial charge in [0.05, 0.1) is 30.8 Å². The number of ether oxygens (including phenoxy) is 2. The fraction of sp³-hybridized carbons (Fsp3) is 0.192. The second-order valence-electron chi connectivity index (χ2n) is 8.16.